The quantitative estimate of drug-likeness (QED) is 0.704. The average molecular weight is 176 g/mol. The third kappa shape index (κ3) is 1.72. The van der Waals surface area contributed by atoms with Gasteiger partial charge in [0.2, 0.25) is 0 Å². The maximum atomic E-state index is 10.3. The summed E-state index contributed by atoms with van der Waals surface area (Å²) in [5.41, 5.74) is 5.20. The summed E-state index contributed by atoms with van der Waals surface area (Å²) in [4.78, 5) is 10.3. The van der Waals surface area contributed by atoms with Crippen LogP contribution in [0.1, 0.15) is 11.8 Å². The number of carboxylic acid groups (broad SMARTS) is 1. The highest BCUT2D eigenvalue weighted by atomic mass is 35.5. The first kappa shape index (κ1) is 8.10. The summed E-state index contributed by atoms with van der Waals surface area (Å²) < 4.78 is 4.77. The second kappa shape index (κ2) is 2.94. The Morgan fingerprint density at radius 1 is 1.73 bits per heavy atom. The first-order chi connectivity index (χ1) is 5.11. The SMILES string of the molecule is N[C@@H](C(=O)O)c1ccc(Cl)o1. The van der Waals surface area contributed by atoms with E-state index in [4.69, 9.17) is 26.9 Å². The zero-order valence-corrected chi connectivity index (χ0v) is 6.21. The van der Waals surface area contributed by atoms with Gasteiger partial charge in [-0.3, -0.25) is 4.79 Å². The normalized spacial score (nSPS) is 12.9. The lowest BCUT2D eigenvalue weighted by molar-refractivity contribution is -0.139. The minimum absolute atomic E-state index is 0.136. The topological polar surface area (TPSA) is 76.5 Å². The highest BCUT2D eigenvalue weighted by molar-refractivity contribution is 6.28. The molecule has 11 heavy (non-hydrogen) atoms. The number of nitrogens with two attached hydrogens (primary N) is 1. The number of hydrogen-bond acceptors (Lipinski definition) is 3. The van der Waals surface area contributed by atoms with E-state index in [1.54, 1.807) is 0 Å². The van der Waals surface area contributed by atoms with Gasteiger partial charge >= 0.3 is 5.97 Å². The van der Waals surface area contributed by atoms with E-state index in [0.29, 0.717) is 0 Å². The number of halogens is 1. The number of carboxylic acids is 1. The number of rotatable bonds is 2. The molecule has 0 spiro atoms. The largest absolute Gasteiger partial charge is 0.480 e. The molecule has 0 saturated heterocycles. The van der Waals surface area contributed by atoms with E-state index in [2.05, 4.69) is 0 Å². The maximum absolute atomic E-state index is 10.3. The molecule has 4 nitrogen and oxygen atoms in total. The molecule has 0 aliphatic rings. The van der Waals surface area contributed by atoms with E-state index in [0.717, 1.165) is 0 Å². The van der Waals surface area contributed by atoms with E-state index >= 15 is 0 Å². The zero-order valence-electron chi connectivity index (χ0n) is 5.45. The van der Waals surface area contributed by atoms with Crippen molar-refractivity contribution < 1.29 is 14.3 Å². The Hall–Kier alpha value is -1.00. The summed E-state index contributed by atoms with van der Waals surface area (Å²) in [6.45, 7) is 0. The van der Waals surface area contributed by atoms with Crippen molar-refractivity contribution in [3.63, 3.8) is 0 Å². The number of carbonyl (C=O) groups is 1. The van der Waals surface area contributed by atoms with Gasteiger partial charge in [-0.2, -0.15) is 0 Å². The van der Waals surface area contributed by atoms with E-state index < -0.39 is 12.0 Å². The van der Waals surface area contributed by atoms with Crippen LogP contribution in [0.25, 0.3) is 0 Å². The van der Waals surface area contributed by atoms with Gasteiger partial charge in [-0.25, -0.2) is 0 Å². The molecule has 0 aliphatic heterocycles. The molecule has 1 rings (SSSR count). The van der Waals surface area contributed by atoms with Crippen molar-refractivity contribution in [3.05, 3.63) is 23.1 Å². The molecule has 5 heteroatoms. The van der Waals surface area contributed by atoms with Gasteiger partial charge < -0.3 is 15.3 Å². The lowest BCUT2D eigenvalue weighted by Crippen LogP contribution is -2.19. The lowest BCUT2D eigenvalue weighted by Gasteiger charge is -1.99. The van der Waals surface area contributed by atoms with Crippen molar-refractivity contribution in [1.82, 2.24) is 0 Å². The van der Waals surface area contributed by atoms with Crippen LogP contribution >= 0.6 is 11.6 Å². The summed E-state index contributed by atoms with van der Waals surface area (Å²) in [5.74, 6) is -0.987. The molecule has 0 aromatic carbocycles. The first-order valence-corrected chi connectivity index (χ1v) is 3.22. The summed E-state index contributed by atoms with van der Waals surface area (Å²) in [5, 5.41) is 8.55. The summed E-state index contributed by atoms with van der Waals surface area (Å²) >= 11 is 5.39. The van der Waals surface area contributed by atoms with Gasteiger partial charge in [-0.15, -0.1) is 0 Å². The minimum Gasteiger partial charge on any atom is -0.480 e. The molecule has 0 bridgehead atoms. The van der Waals surface area contributed by atoms with Crippen molar-refractivity contribution in [2.24, 2.45) is 5.73 Å². The van der Waals surface area contributed by atoms with E-state index in [1.807, 2.05) is 0 Å². The van der Waals surface area contributed by atoms with Gasteiger partial charge in [0, 0.05) is 0 Å². The van der Waals surface area contributed by atoms with Crippen molar-refractivity contribution in [3.8, 4) is 0 Å². The van der Waals surface area contributed by atoms with Crippen LogP contribution < -0.4 is 5.73 Å². The molecule has 1 aromatic heterocycles. The van der Waals surface area contributed by atoms with Gasteiger partial charge in [0.15, 0.2) is 11.3 Å². The van der Waals surface area contributed by atoms with Crippen molar-refractivity contribution in [2.75, 3.05) is 0 Å². The average Bonchev–Trinajstić information content (AvgIpc) is 2.34. The number of hydrogen-bond donors (Lipinski definition) is 2. The Morgan fingerprint density at radius 3 is 2.73 bits per heavy atom. The van der Waals surface area contributed by atoms with Gasteiger partial charge in [-0.1, -0.05) is 0 Å². The van der Waals surface area contributed by atoms with Gasteiger partial charge in [-0.05, 0) is 23.7 Å². The molecule has 0 saturated carbocycles. The predicted molar refractivity (Wildman–Crippen MR) is 38.3 cm³/mol. The van der Waals surface area contributed by atoms with E-state index in [1.165, 1.54) is 12.1 Å². The van der Waals surface area contributed by atoms with E-state index in [9.17, 15) is 4.79 Å². The maximum Gasteiger partial charge on any atom is 0.328 e. The van der Waals surface area contributed by atoms with Crippen molar-refractivity contribution >= 4 is 17.6 Å². The molecule has 0 unspecified atom stereocenters. The smallest absolute Gasteiger partial charge is 0.328 e. The Bertz CT molecular complexity index is 271. The van der Waals surface area contributed by atoms with Crippen LogP contribution in [-0.4, -0.2) is 11.1 Å². The molecular formula is C6H6ClNO3. The fourth-order valence-corrected chi connectivity index (χ4v) is 0.769. The molecule has 60 valence electrons. The van der Waals surface area contributed by atoms with Crippen LogP contribution in [0.2, 0.25) is 5.22 Å². The van der Waals surface area contributed by atoms with Crippen LogP contribution in [0.15, 0.2) is 16.5 Å². The highest BCUT2D eigenvalue weighted by Gasteiger charge is 2.17. The minimum atomic E-state index is -1.14. The Kier molecular flexibility index (Phi) is 2.16. The fraction of sp³-hybridized carbons (Fsp3) is 0.167. The third-order valence-electron chi connectivity index (χ3n) is 1.17. The molecule has 0 radical (unpaired) electrons. The summed E-state index contributed by atoms with van der Waals surface area (Å²) in [6, 6.07) is 1.74. The Labute approximate surface area is 67.6 Å². The van der Waals surface area contributed by atoms with E-state index in [-0.39, 0.29) is 11.0 Å². The first-order valence-electron chi connectivity index (χ1n) is 2.85. The van der Waals surface area contributed by atoms with Crippen LogP contribution in [0.5, 0.6) is 0 Å². The van der Waals surface area contributed by atoms with Crippen molar-refractivity contribution in [2.45, 2.75) is 6.04 Å². The lowest BCUT2D eigenvalue weighted by atomic mass is 10.2. The Morgan fingerprint density at radius 2 is 2.36 bits per heavy atom. The third-order valence-corrected chi connectivity index (χ3v) is 1.37. The van der Waals surface area contributed by atoms with Gasteiger partial charge in [0.25, 0.3) is 0 Å². The second-order valence-electron chi connectivity index (χ2n) is 1.96. The molecule has 0 aliphatic carbocycles. The molecule has 0 fully saturated rings. The van der Waals surface area contributed by atoms with Gasteiger partial charge in [0.05, 0.1) is 0 Å². The molecule has 3 N–H and O–H groups in total. The van der Waals surface area contributed by atoms with Crippen LogP contribution in [-0.2, 0) is 4.79 Å². The monoisotopic (exact) mass is 175 g/mol. The molecule has 1 atom stereocenters. The molecule has 1 heterocycles. The predicted octanol–water partition coefficient (Wildman–Crippen LogP) is 1.02. The summed E-state index contributed by atoms with van der Waals surface area (Å²) in [7, 11) is 0. The van der Waals surface area contributed by atoms with Crippen LogP contribution in [0.3, 0.4) is 0 Å². The highest BCUT2D eigenvalue weighted by Crippen LogP contribution is 2.18. The number of furan rings is 1. The molecule has 1 aromatic rings. The van der Waals surface area contributed by atoms with Crippen LogP contribution in [0, 0.1) is 0 Å². The van der Waals surface area contributed by atoms with Gasteiger partial charge in [0.1, 0.15) is 5.76 Å². The second-order valence-corrected chi connectivity index (χ2v) is 2.33. The molecule has 0 amide bonds. The van der Waals surface area contributed by atoms with Crippen LogP contribution in [0.4, 0.5) is 0 Å². The molecular weight excluding hydrogens is 170 g/mol. The number of aliphatic carboxylic acids is 1. The zero-order chi connectivity index (χ0) is 8.43. The standard InChI is InChI=1S/C6H6ClNO3/c7-4-2-1-3(11-4)5(8)6(9)10/h1-2,5H,8H2,(H,9,10)/t5-/m1/s1. The summed E-state index contributed by atoms with van der Waals surface area (Å²) in [6.07, 6.45) is 0. The Balaban J connectivity index is 2.84. The van der Waals surface area contributed by atoms with Crippen molar-refractivity contribution in [1.29, 1.82) is 0 Å². The fourth-order valence-electron chi connectivity index (χ4n) is 0.617.